The number of benzene rings is 1. The smallest absolute Gasteiger partial charge is 0.170 e. The first-order valence-electron chi connectivity index (χ1n) is 6.50. The Morgan fingerprint density at radius 3 is 2.71 bits per heavy atom. The van der Waals surface area contributed by atoms with Crippen molar-refractivity contribution in [2.45, 2.75) is 0 Å². The Labute approximate surface area is 131 Å². The van der Waals surface area contributed by atoms with Gasteiger partial charge in [0, 0.05) is 36.0 Å². The molecule has 0 aliphatic carbocycles. The van der Waals surface area contributed by atoms with Crippen molar-refractivity contribution in [1.82, 2.24) is 9.38 Å². The molecule has 3 aromatic rings. The van der Waals surface area contributed by atoms with Gasteiger partial charge in [0.2, 0.25) is 0 Å². The molecule has 2 aromatic heterocycles. The molecular formula is C16H14BrN3O. The second kappa shape index (κ2) is 5.33. The van der Waals surface area contributed by atoms with E-state index in [9.17, 15) is 4.79 Å². The van der Waals surface area contributed by atoms with Crippen LogP contribution in [0.3, 0.4) is 0 Å². The van der Waals surface area contributed by atoms with Crippen molar-refractivity contribution in [3.8, 4) is 11.4 Å². The van der Waals surface area contributed by atoms with Crippen LogP contribution in [0.25, 0.3) is 16.9 Å². The molecule has 21 heavy (non-hydrogen) atoms. The summed E-state index contributed by atoms with van der Waals surface area (Å²) in [6.07, 6.45) is 2.75. The lowest BCUT2D eigenvalue weighted by Gasteiger charge is -2.12. The van der Waals surface area contributed by atoms with Crippen LogP contribution in [0.1, 0.15) is 10.5 Å². The molecule has 0 amide bonds. The van der Waals surface area contributed by atoms with E-state index in [1.165, 1.54) is 0 Å². The van der Waals surface area contributed by atoms with E-state index in [0.717, 1.165) is 33.4 Å². The van der Waals surface area contributed by atoms with Gasteiger partial charge in [-0.2, -0.15) is 0 Å². The lowest BCUT2D eigenvalue weighted by molar-refractivity contribution is 0.112. The molecule has 0 unspecified atom stereocenters. The summed E-state index contributed by atoms with van der Waals surface area (Å²) in [6.45, 7) is 0. The first-order chi connectivity index (χ1) is 10.1. The minimum atomic E-state index is 0.452. The van der Waals surface area contributed by atoms with E-state index in [0.29, 0.717) is 5.69 Å². The van der Waals surface area contributed by atoms with Gasteiger partial charge in [-0.05, 0) is 24.3 Å². The molecule has 4 nitrogen and oxygen atoms in total. The summed E-state index contributed by atoms with van der Waals surface area (Å²) < 4.78 is 2.92. The Morgan fingerprint density at radius 1 is 1.24 bits per heavy atom. The fraction of sp³-hybridized carbons (Fsp3) is 0.125. The van der Waals surface area contributed by atoms with Gasteiger partial charge in [0.1, 0.15) is 11.5 Å². The Hall–Kier alpha value is -2.14. The molecular weight excluding hydrogens is 330 g/mol. The number of pyridine rings is 1. The summed E-state index contributed by atoms with van der Waals surface area (Å²) in [6, 6.07) is 11.9. The topological polar surface area (TPSA) is 37.6 Å². The van der Waals surface area contributed by atoms with Gasteiger partial charge in [0.05, 0.1) is 5.52 Å². The molecule has 0 aliphatic heterocycles. The second-order valence-corrected chi connectivity index (χ2v) is 5.90. The van der Waals surface area contributed by atoms with E-state index < -0.39 is 0 Å². The van der Waals surface area contributed by atoms with Crippen LogP contribution in [0, 0.1) is 0 Å². The molecule has 0 aliphatic rings. The molecule has 0 N–H and O–H groups in total. The van der Waals surface area contributed by atoms with Gasteiger partial charge in [-0.3, -0.25) is 9.20 Å². The maximum absolute atomic E-state index is 11.3. The molecule has 3 rings (SSSR count). The standard InChI is InChI=1S/C16H14BrN3O/c1-19(2)13-6-7-20-15(9-13)14(10-21)18-16(20)11-4-3-5-12(17)8-11/h3-10H,1-2H3. The Kier molecular flexibility index (Phi) is 3.51. The van der Waals surface area contributed by atoms with Crippen LogP contribution in [-0.2, 0) is 0 Å². The number of hydrogen-bond acceptors (Lipinski definition) is 3. The largest absolute Gasteiger partial charge is 0.378 e. The summed E-state index contributed by atoms with van der Waals surface area (Å²) in [5.74, 6) is 0.763. The van der Waals surface area contributed by atoms with Crippen molar-refractivity contribution in [2.24, 2.45) is 0 Å². The molecule has 0 saturated carbocycles. The van der Waals surface area contributed by atoms with E-state index in [2.05, 4.69) is 20.9 Å². The number of rotatable bonds is 3. The van der Waals surface area contributed by atoms with E-state index in [-0.39, 0.29) is 0 Å². The first kappa shape index (κ1) is 13.8. The maximum Gasteiger partial charge on any atom is 0.170 e. The number of carbonyl (C=O) groups excluding carboxylic acids is 1. The normalized spacial score (nSPS) is 10.8. The van der Waals surface area contributed by atoms with Crippen LogP contribution in [0.5, 0.6) is 0 Å². The highest BCUT2D eigenvalue weighted by Gasteiger charge is 2.13. The zero-order chi connectivity index (χ0) is 15.0. The molecule has 0 bridgehead atoms. The van der Waals surface area contributed by atoms with Gasteiger partial charge in [0.25, 0.3) is 0 Å². The highest BCUT2D eigenvalue weighted by Crippen LogP contribution is 2.26. The monoisotopic (exact) mass is 343 g/mol. The molecule has 0 atom stereocenters. The van der Waals surface area contributed by atoms with E-state index in [4.69, 9.17) is 0 Å². The quantitative estimate of drug-likeness (QED) is 0.681. The molecule has 1 aromatic carbocycles. The zero-order valence-corrected chi connectivity index (χ0v) is 13.3. The van der Waals surface area contributed by atoms with Crippen LogP contribution in [0.4, 0.5) is 5.69 Å². The number of halogens is 1. The number of aldehydes is 1. The lowest BCUT2D eigenvalue weighted by Crippen LogP contribution is -2.08. The zero-order valence-electron chi connectivity index (χ0n) is 11.7. The van der Waals surface area contributed by atoms with Gasteiger partial charge < -0.3 is 4.90 Å². The predicted octanol–water partition coefficient (Wildman–Crippen LogP) is 3.64. The summed E-state index contributed by atoms with van der Waals surface area (Å²) >= 11 is 3.46. The number of hydrogen-bond donors (Lipinski definition) is 0. The molecule has 106 valence electrons. The average Bonchev–Trinajstić information content (AvgIpc) is 2.85. The van der Waals surface area contributed by atoms with Crippen molar-refractivity contribution >= 4 is 33.4 Å². The highest BCUT2D eigenvalue weighted by molar-refractivity contribution is 9.10. The van der Waals surface area contributed by atoms with E-state index >= 15 is 0 Å². The van der Waals surface area contributed by atoms with E-state index in [1.54, 1.807) is 0 Å². The Balaban J connectivity index is 2.27. The minimum Gasteiger partial charge on any atom is -0.378 e. The number of anilines is 1. The fourth-order valence-corrected chi connectivity index (χ4v) is 2.69. The minimum absolute atomic E-state index is 0.452. The summed E-state index contributed by atoms with van der Waals surface area (Å²) in [5.41, 5.74) is 3.26. The van der Waals surface area contributed by atoms with Crippen LogP contribution >= 0.6 is 15.9 Å². The number of nitrogens with zero attached hydrogens (tertiary/aromatic N) is 3. The van der Waals surface area contributed by atoms with Crippen LogP contribution in [-0.4, -0.2) is 29.8 Å². The summed E-state index contributed by atoms with van der Waals surface area (Å²) in [4.78, 5) is 17.8. The predicted molar refractivity (Wildman–Crippen MR) is 88.0 cm³/mol. The van der Waals surface area contributed by atoms with Gasteiger partial charge in [-0.1, -0.05) is 28.1 Å². The van der Waals surface area contributed by atoms with Crippen molar-refractivity contribution in [3.63, 3.8) is 0 Å². The van der Waals surface area contributed by atoms with Crippen molar-refractivity contribution in [1.29, 1.82) is 0 Å². The van der Waals surface area contributed by atoms with Gasteiger partial charge in [-0.15, -0.1) is 0 Å². The first-order valence-corrected chi connectivity index (χ1v) is 7.30. The van der Waals surface area contributed by atoms with Gasteiger partial charge >= 0.3 is 0 Å². The molecule has 0 saturated heterocycles. The highest BCUT2D eigenvalue weighted by atomic mass is 79.9. The molecule has 0 spiro atoms. The van der Waals surface area contributed by atoms with Gasteiger partial charge in [0.15, 0.2) is 6.29 Å². The number of fused-ring (bicyclic) bond motifs is 1. The molecule has 0 radical (unpaired) electrons. The third kappa shape index (κ3) is 2.45. The Morgan fingerprint density at radius 2 is 2.05 bits per heavy atom. The van der Waals surface area contributed by atoms with Gasteiger partial charge in [-0.25, -0.2) is 4.98 Å². The van der Waals surface area contributed by atoms with Crippen LogP contribution in [0.15, 0.2) is 47.1 Å². The van der Waals surface area contributed by atoms with Crippen molar-refractivity contribution < 1.29 is 4.79 Å². The lowest BCUT2D eigenvalue weighted by atomic mass is 10.2. The van der Waals surface area contributed by atoms with Crippen LogP contribution < -0.4 is 4.90 Å². The third-order valence-electron chi connectivity index (χ3n) is 3.37. The SMILES string of the molecule is CN(C)c1ccn2c(-c3cccc(Br)c3)nc(C=O)c2c1. The number of carbonyl (C=O) groups is 1. The maximum atomic E-state index is 11.3. The third-order valence-corrected chi connectivity index (χ3v) is 3.86. The molecule has 2 heterocycles. The Bertz CT molecular complexity index is 824. The van der Waals surface area contributed by atoms with Crippen molar-refractivity contribution in [3.05, 3.63) is 52.8 Å². The van der Waals surface area contributed by atoms with Crippen molar-refractivity contribution in [2.75, 3.05) is 19.0 Å². The average molecular weight is 344 g/mol. The number of aromatic nitrogens is 2. The molecule has 0 fully saturated rings. The van der Waals surface area contributed by atoms with Crippen LogP contribution in [0.2, 0.25) is 0 Å². The summed E-state index contributed by atoms with van der Waals surface area (Å²) in [5, 5.41) is 0. The summed E-state index contributed by atoms with van der Waals surface area (Å²) in [7, 11) is 3.94. The second-order valence-electron chi connectivity index (χ2n) is 4.98. The number of imidazole rings is 1. The fourth-order valence-electron chi connectivity index (χ4n) is 2.29. The van der Waals surface area contributed by atoms with E-state index in [1.807, 2.05) is 66.0 Å². The molecule has 5 heteroatoms.